The Balaban J connectivity index is 2.34. The maximum absolute atomic E-state index is 10.5. The fourth-order valence-corrected chi connectivity index (χ4v) is 2.21. The molecule has 1 aliphatic carbocycles. The van der Waals surface area contributed by atoms with Gasteiger partial charge in [-0.2, -0.15) is 0 Å². The molecule has 0 bridgehead atoms. The highest BCUT2D eigenvalue weighted by molar-refractivity contribution is 8.05. The molecule has 2 heteroatoms. The Morgan fingerprint density at radius 1 is 1.33 bits per heavy atom. The Morgan fingerprint density at radius 3 is 3.08 bits per heavy atom. The lowest BCUT2D eigenvalue weighted by molar-refractivity contribution is -0.106. The van der Waals surface area contributed by atoms with Crippen molar-refractivity contribution in [2.24, 2.45) is 0 Å². The molecule has 0 spiro atoms. The van der Waals surface area contributed by atoms with E-state index in [-0.39, 0.29) is 5.25 Å². The number of allylic oxidation sites excluding steroid dienone is 6. The molecule has 0 N–H and O–H groups in total. The van der Waals surface area contributed by atoms with Crippen LogP contribution in [0.15, 0.2) is 46.9 Å². The van der Waals surface area contributed by atoms with Crippen molar-refractivity contribution < 1.29 is 4.79 Å². The van der Waals surface area contributed by atoms with Crippen molar-refractivity contribution in [1.29, 1.82) is 0 Å². The van der Waals surface area contributed by atoms with Gasteiger partial charge in [0.2, 0.25) is 0 Å². The van der Waals surface area contributed by atoms with Gasteiger partial charge in [0.05, 0.1) is 5.25 Å². The van der Waals surface area contributed by atoms with Gasteiger partial charge in [0.1, 0.15) is 6.29 Å². The predicted molar refractivity (Wildman–Crippen MR) is 51.9 cm³/mol. The van der Waals surface area contributed by atoms with E-state index >= 15 is 0 Å². The minimum atomic E-state index is 0.0161. The first kappa shape index (κ1) is 7.62. The molecule has 1 atom stereocenters. The van der Waals surface area contributed by atoms with Crippen LogP contribution in [0.25, 0.3) is 0 Å². The molecule has 1 aliphatic heterocycles. The fourth-order valence-electron chi connectivity index (χ4n) is 1.21. The molecule has 0 saturated heterocycles. The van der Waals surface area contributed by atoms with E-state index in [1.54, 1.807) is 11.8 Å². The quantitative estimate of drug-likeness (QED) is 0.570. The minimum absolute atomic E-state index is 0.0161. The Kier molecular flexibility index (Phi) is 2.00. The highest BCUT2D eigenvalue weighted by Gasteiger charge is 2.18. The lowest BCUT2D eigenvalue weighted by Crippen LogP contribution is -1.92. The van der Waals surface area contributed by atoms with Gasteiger partial charge in [-0.3, -0.25) is 0 Å². The second kappa shape index (κ2) is 3.15. The standard InChI is InChI=1S/C10H8OS/c11-7-9-6-8-4-2-1-3-5-10(8)12-9/h1-7,9H. The van der Waals surface area contributed by atoms with E-state index in [0.29, 0.717) is 0 Å². The van der Waals surface area contributed by atoms with Gasteiger partial charge in [0.25, 0.3) is 0 Å². The molecule has 0 aromatic rings. The topological polar surface area (TPSA) is 17.1 Å². The summed E-state index contributed by atoms with van der Waals surface area (Å²) in [5.74, 6) is 0. The van der Waals surface area contributed by atoms with Crippen molar-refractivity contribution in [2.75, 3.05) is 0 Å². The molecule has 1 heterocycles. The number of hydrogen-bond donors (Lipinski definition) is 0. The van der Waals surface area contributed by atoms with Gasteiger partial charge in [0.15, 0.2) is 0 Å². The number of aldehydes is 1. The van der Waals surface area contributed by atoms with Crippen molar-refractivity contribution in [1.82, 2.24) is 0 Å². The van der Waals surface area contributed by atoms with Crippen molar-refractivity contribution in [3.05, 3.63) is 46.9 Å². The van der Waals surface area contributed by atoms with E-state index in [1.165, 1.54) is 10.5 Å². The maximum Gasteiger partial charge on any atom is 0.137 e. The third-order valence-corrected chi connectivity index (χ3v) is 2.92. The highest BCUT2D eigenvalue weighted by atomic mass is 32.2. The molecule has 0 saturated carbocycles. The monoisotopic (exact) mass is 176 g/mol. The molecule has 0 fully saturated rings. The number of fused-ring (bicyclic) bond motifs is 1. The number of carbonyl (C=O) groups is 1. The van der Waals surface area contributed by atoms with Crippen LogP contribution in [0.1, 0.15) is 0 Å². The number of thioether (sulfide) groups is 1. The van der Waals surface area contributed by atoms with Gasteiger partial charge in [-0.1, -0.05) is 30.4 Å². The molecular formula is C10H8OS. The van der Waals surface area contributed by atoms with Crippen LogP contribution < -0.4 is 0 Å². The fraction of sp³-hybridized carbons (Fsp3) is 0.100. The summed E-state index contributed by atoms with van der Waals surface area (Å²) >= 11 is 1.61. The van der Waals surface area contributed by atoms with Gasteiger partial charge >= 0.3 is 0 Å². The van der Waals surface area contributed by atoms with E-state index < -0.39 is 0 Å². The van der Waals surface area contributed by atoms with Crippen molar-refractivity contribution in [2.45, 2.75) is 5.25 Å². The maximum atomic E-state index is 10.5. The summed E-state index contributed by atoms with van der Waals surface area (Å²) in [6.45, 7) is 0. The van der Waals surface area contributed by atoms with Crippen LogP contribution >= 0.6 is 11.8 Å². The van der Waals surface area contributed by atoms with Crippen molar-refractivity contribution >= 4 is 18.0 Å². The average Bonchev–Trinajstić information content (AvgIpc) is 2.37. The van der Waals surface area contributed by atoms with Crippen LogP contribution in [-0.2, 0) is 4.79 Å². The Bertz CT molecular complexity index is 321. The third-order valence-electron chi connectivity index (χ3n) is 1.77. The summed E-state index contributed by atoms with van der Waals surface area (Å²) < 4.78 is 0. The molecule has 1 unspecified atom stereocenters. The summed E-state index contributed by atoms with van der Waals surface area (Å²) in [7, 11) is 0. The smallest absolute Gasteiger partial charge is 0.137 e. The first-order chi connectivity index (χ1) is 5.90. The first-order valence-corrected chi connectivity index (χ1v) is 4.67. The largest absolute Gasteiger partial charge is 0.302 e. The number of carbonyl (C=O) groups excluding carboxylic acids is 1. The number of hydrogen-bond acceptors (Lipinski definition) is 2. The number of rotatable bonds is 1. The predicted octanol–water partition coefficient (Wildman–Crippen LogP) is 2.24. The molecule has 12 heavy (non-hydrogen) atoms. The third kappa shape index (κ3) is 1.30. The molecule has 1 nitrogen and oxygen atoms in total. The molecule has 0 radical (unpaired) electrons. The summed E-state index contributed by atoms with van der Waals surface area (Å²) in [5.41, 5.74) is 1.17. The normalized spacial score (nSPS) is 25.8. The molecule has 60 valence electrons. The van der Waals surface area contributed by atoms with Crippen molar-refractivity contribution in [3.63, 3.8) is 0 Å². The summed E-state index contributed by atoms with van der Waals surface area (Å²) in [4.78, 5) is 11.7. The molecule has 0 amide bonds. The Morgan fingerprint density at radius 2 is 2.25 bits per heavy atom. The van der Waals surface area contributed by atoms with E-state index in [4.69, 9.17) is 0 Å². The second-order valence-electron chi connectivity index (χ2n) is 2.62. The minimum Gasteiger partial charge on any atom is -0.302 e. The molecule has 0 aromatic carbocycles. The van der Waals surface area contributed by atoms with Crippen LogP contribution in [0.5, 0.6) is 0 Å². The lowest BCUT2D eigenvalue weighted by atomic mass is 10.2. The summed E-state index contributed by atoms with van der Waals surface area (Å²) in [5, 5.41) is 0.0161. The van der Waals surface area contributed by atoms with Crippen molar-refractivity contribution in [3.8, 4) is 0 Å². The van der Waals surface area contributed by atoms with Gasteiger partial charge in [-0.05, 0) is 11.6 Å². The van der Waals surface area contributed by atoms with Crippen LogP contribution in [0.2, 0.25) is 0 Å². The Labute approximate surface area is 75.5 Å². The lowest BCUT2D eigenvalue weighted by Gasteiger charge is -1.96. The zero-order valence-electron chi connectivity index (χ0n) is 6.44. The molecular weight excluding hydrogens is 168 g/mol. The SMILES string of the molecule is O=CC1C=C2C=CC=CC=C2S1. The Hall–Kier alpha value is -1.02. The second-order valence-corrected chi connectivity index (χ2v) is 3.84. The molecule has 0 aromatic heterocycles. The van der Waals surface area contributed by atoms with E-state index in [1.807, 2.05) is 36.5 Å². The first-order valence-electron chi connectivity index (χ1n) is 3.79. The van der Waals surface area contributed by atoms with E-state index in [0.717, 1.165) is 6.29 Å². The van der Waals surface area contributed by atoms with Gasteiger partial charge in [-0.15, -0.1) is 11.8 Å². The van der Waals surface area contributed by atoms with Gasteiger partial charge < -0.3 is 4.79 Å². The highest BCUT2D eigenvalue weighted by Crippen LogP contribution is 2.37. The average molecular weight is 176 g/mol. The van der Waals surface area contributed by atoms with E-state index in [9.17, 15) is 4.79 Å². The van der Waals surface area contributed by atoms with E-state index in [2.05, 4.69) is 0 Å². The summed E-state index contributed by atoms with van der Waals surface area (Å²) in [6.07, 6.45) is 13.0. The van der Waals surface area contributed by atoms with Gasteiger partial charge in [-0.25, -0.2) is 0 Å². The zero-order chi connectivity index (χ0) is 8.39. The van der Waals surface area contributed by atoms with Crippen LogP contribution in [0.3, 0.4) is 0 Å². The van der Waals surface area contributed by atoms with Gasteiger partial charge in [0, 0.05) is 4.91 Å². The van der Waals surface area contributed by atoms with Crippen LogP contribution in [0, 0.1) is 0 Å². The van der Waals surface area contributed by atoms with Crippen LogP contribution in [-0.4, -0.2) is 11.5 Å². The molecule has 2 aliphatic rings. The molecule has 2 rings (SSSR count). The summed E-state index contributed by atoms with van der Waals surface area (Å²) in [6, 6.07) is 0. The zero-order valence-corrected chi connectivity index (χ0v) is 7.25. The van der Waals surface area contributed by atoms with Crippen LogP contribution in [0.4, 0.5) is 0 Å².